The van der Waals surface area contributed by atoms with E-state index in [4.69, 9.17) is 4.74 Å². The number of methoxy groups -OCH3 is 1. The highest BCUT2D eigenvalue weighted by Crippen LogP contribution is 2.28. The molecular weight excluding hydrogens is 178 g/mol. The Hall–Kier alpha value is -0.930. The topological polar surface area (TPSA) is 42.4 Å². The Morgan fingerprint density at radius 2 is 2.29 bits per heavy atom. The fraction of sp³-hybridized carbons (Fsp3) is 0.545. The zero-order valence-corrected chi connectivity index (χ0v) is 8.90. The van der Waals surface area contributed by atoms with E-state index in [2.05, 4.69) is 4.98 Å². The predicted molar refractivity (Wildman–Crippen MR) is 54.8 cm³/mol. The molecule has 0 aromatic carbocycles. The minimum absolute atomic E-state index is 0.0895. The summed E-state index contributed by atoms with van der Waals surface area (Å²) in [6, 6.07) is 3.68. The van der Waals surface area contributed by atoms with Crippen molar-refractivity contribution in [1.29, 1.82) is 0 Å². The third-order valence-electron chi connectivity index (χ3n) is 2.48. The highest BCUT2D eigenvalue weighted by molar-refractivity contribution is 5.18. The molecule has 1 aromatic heterocycles. The molecule has 0 bridgehead atoms. The van der Waals surface area contributed by atoms with Crippen LogP contribution < -0.4 is 0 Å². The molecular formula is C11H17NO2. The first-order chi connectivity index (χ1) is 6.61. The Balaban J connectivity index is 2.99. The minimum Gasteiger partial charge on any atom is -0.382 e. The smallest absolute Gasteiger partial charge is 0.117 e. The maximum atomic E-state index is 10.4. The van der Waals surface area contributed by atoms with E-state index in [9.17, 15) is 5.11 Å². The number of rotatable bonds is 4. The molecule has 0 saturated carbocycles. The molecule has 1 heterocycles. The van der Waals surface area contributed by atoms with Crippen molar-refractivity contribution in [3.05, 3.63) is 30.1 Å². The number of hydrogen-bond acceptors (Lipinski definition) is 3. The summed E-state index contributed by atoms with van der Waals surface area (Å²) in [6.45, 7) is 4.22. The van der Waals surface area contributed by atoms with E-state index < -0.39 is 5.60 Å². The number of nitrogens with zero attached hydrogens (tertiary/aromatic N) is 1. The van der Waals surface area contributed by atoms with Gasteiger partial charge in [-0.3, -0.25) is 4.98 Å². The molecule has 0 radical (unpaired) electrons. The first-order valence-corrected chi connectivity index (χ1v) is 4.73. The molecule has 3 nitrogen and oxygen atoms in total. The van der Waals surface area contributed by atoms with Crippen molar-refractivity contribution >= 4 is 0 Å². The predicted octanol–water partition coefficient (Wildman–Crippen LogP) is 1.57. The van der Waals surface area contributed by atoms with Gasteiger partial charge in [0, 0.05) is 25.1 Å². The molecule has 0 aliphatic carbocycles. The van der Waals surface area contributed by atoms with Crippen LogP contribution in [0.15, 0.2) is 24.5 Å². The molecule has 1 N–H and O–H groups in total. The van der Waals surface area contributed by atoms with E-state index in [1.165, 1.54) is 0 Å². The molecule has 14 heavy (non-hydrogen) atoms. The quantitative estimate of drug-likeness (QED) is 0.793. The fourth-order valence-electron chi connectivity index (χ4n) is 1.42. The molecule has 78 valence electrons. The number of aliphatic hydroxyl groups is 1. The van der Waals surface area contributed by atoms with Crippen LogP contribution in [0.1, 0.15) is 19.4 Å². The molecule has 0 saturated heterocycles. The van der Waals surface area contributed by atoms with Gasteiger partial charge in [0.25, 0.3) is 0 Å². The Kier molecular flexibility index (Phi) is 3.61. The first kappa shape index (κ1) is 11.1. The van der Waals surface area contributed by atoms with Gasteiger partial charge in [-0.05, 0) is 12.0 Å². The first-order valence-electron chi connectivity index (χ1n) is 4.73. The standard InChI is InChI=1S/C11H17NO2/c1-9(2)11(13,8-14-3)10-5-4-6-12-7-10/h4-7,9,13H,8H2,1-3H3. The molecule has 3 heteroatoms. The maximum absolute atomic E-state index is 10.4. The third kappa shape index (κ3) is 2.11. The summed E-state index contributed by atoms with van der Waals surface area (Å²) in [4.78, 5) is 4.00. The summed E-state index contributed by atoms with van der Waals surface area (Å²) < 4.78 is 5.04. The van der Waals surface area contributed by atoms with Gasteiger partial charge in [-0.1, -0.05) is 19.9 Å². The Bertz CT molecular complexity index is 274. The second-order valence-corrected chi connectivity index (χ2v) is 3.75. The largest absolute Gasteiger partial charge is 0.382 e. The SMILES string of the molecule is COCC(O)(c1cccnc1)C(C)C. The van der Waals surface area contributed by atoms with Gasteiger partial charge in [-0.15, -0.1) is 0 Å². The Morgan fingerprint density at radius 1 is 1.57 bits per heavy atom. The van der Waals surface area contributed by atoms with Gasteiger partial charge in [0.15, 0.2) is 0 Å². The number of ether oxygens (including phenoxy) is 1. The van der Waals surface area contributed by atoms with E-state index in [1.807, 2.05) is 26.0 Å². The Labute approximate surface area is 84.7 Å². The second kappa shape index (κ2) is 4.53. The zero-order valence-electron chi connectivity index (χ0n) is 8.90. The van der Waals surface area contributed by atoms with Crippen molar-refractivity contribution in [2.75, 3.05) is 13.7 Å². The monoisotopic (exact) mass is 195 g/mol. The van der Waals surface area contributed by atoms with Crippen LogP contribution in [0.25, 0.3) is 0 Å². The number of pyridine rings is 1. The molecule has 0 spiro atoms. The fourth-order valence-corrected chi connectivity index (χ4v) is 1.42. The average molecular weight is 195 g/mol. The molecule has 1 aromatic rings. The summed E-state index contributed by atoms with van der Waals surface area (Å²) in [5.74, 6) is 0.0895. The second-order valence-electron chi connectivity index (χ2n) is 3.75. The van der Waals surface area contributed by atoms with Gasteiger partial charge in [-0.2, -0.15) is 0 Å². The summed E-state index contributed by atoms with van der Waals surface area (Å²) >= 11 is 0. The van der Waals surface area contributed by atoms with E-state index in [0.717, 1.165) is 5.56 Å². The van der Waals surface area contributed by atoms with Crippen LogP contribution >= 0.6 is 0 Å². The van der Waals surface area contributed by atoms with Crippen molar-refractivity contribution in [3.63, 3.8) is 0 Å². The van der Waals surface area contributed by atoms with Gasteiger partial charge >= 0.3 is 0 Å². The summed E-state index contributed by atoms with van der Waals surface area (Å²) in [7, 11) is 1.59. The van der Waals surface area contributed by atoms with Crippen LogP contribution in [-0.2, 0) is 10.3 Å². The lowest BCUT2D eigenvalue weighted by Gasteiger charge is -2.31. The zero-order chi connectivity index (χ0) is 10.6. The van der Waals surface area contributed by atoms with E-state index in [1.54, 1.807) is 19.5 Å². The molecule has 0 aliphatic heterocycles. The summed E-state index contributed by atoms with van der Waals surface area (Å²) in [5.41, 5.74) is -0.139. The van der Waals surface area contributed by atoms with E-state index >= 15 is 0 Å². The van der Waals surface area contributed by atoms with Crippen LogP contribution in [0, 0.1) is 5.92 Å². The molecule has 1 unspecified atom stereocenters. The van der Waals surface area contributed by atoms with Crippen molar-refractivity contribution < 1.29 is 9.84 Å². The third-order valence-corrected chi connectivity index (χ3v) is 2.48. The maximum Gasteiger partial charge on any atom is 0.117 e. The normalized spacial score (nSPS) is 15.5. The molecule has 1 atom stereocenters. The van der Waals surface area contributed by atoms with Crippen molar-refractivity contribution in [1.82, 2.24) is 4.98 Å². The Morgan fingerprint density at radius 3 is 2.71 bits per heavy atom. The molecule has 1 rings (SSSR count). The van der Waals surface area contributed by atoms with Crippen molar-refractivity contribution in [2.24, 2.45) is 5.92 Å². The molecule has 0 fully saturated rings. The highest BCUT2D eigenvalue weighted by atomic mass is 16.5. The molecule has 0 amide bonds. The van der Waals surface area contributed by atoms with Gasteiger partial charge in [0.1, 0.15) is 5.60 Å². The van der Waals surface area contributed by atoms with E-state index in [-0.39, 0.29) is 12.5 Å². The van der Waals surface area contributed by atoms with Crippen LogP contribution in [0.3, 0.4) is 0 Å². The average Bonchev–Trinajstić information content (AvgIpc) is 2.19. The lowest BCUT2D eigenvalue weighted by atomic mass is 9.85. The van der Waals surface area contributed by atoms with Gasteiger partial charge in [0.2, 0.25) is 0 Å². The number of aromatic nitrogens is 1. The van der Waals surface area contributed by atoms with Crippen LogP contribution in [0.5, 0.6) is 0 Å². The molecule has 0 aliphatic rings. The minimum atomic E-state index is -0.941. The summed E-state index contributed by atoms with van der Waals surface area (Å²) in [6.07, 6.45) is 3.37. The van der Waals surface area contributed by atoms with Crippen molar-refractivity contribution in [2.45, 2.75) is 19.4 Å². The van der Waals surface area contributed by atoms with Gasteiger partial charge in [0.05, 0.1) is 6.61 Å². The van der Waals surface area contributed by atoms with Gasteiger partial charge in [-0.25, -0.2) is 0 Å². The van der Waals surface area contributed by atoms with Crippen LogP contribution in [0.2, 0.25) is 0 Å². The van der Waals surface area contributed by atoms with E-state index in [0.29, 0.717) is 0 Å². The number of hydrogen-bond donors (Lipinski definition) is 1. The lowest BCUT2D eigenvalue weighted by molar-refractivity contribution is -0.0702. The van der Waals surface area contributed by atoms with Crippen LogP contribution in [0.4, 0.5) is 0 Å². The summed E-state index contributed by atoms with van der Waals surface area (Å²) in [5, 5.41) is 10.4. The highest BCUT2D eigenvalue weighted by Gasteiger charge is 2.33. The lowest BCUT2D eigenvalue weighted by Crippen LogP contribution is -2.36. The van der Waals surface area contributed by atoms with Crippen molar-refractivity contribution in [3.8, 4) is 0 Å². The van der Waals surface area contributed by atoms with Crippen LogP contribution in [-0.4, -0.2) is 23.8 Å². The van der Waals surface area contributed by atoms with Gasteiger partial charge < -0.3 is 9.84 Å².